The van der Waals surface area contributed by atoms with Gasteiger partial charge in [-0.15, -0.1) is 6.42 Å². The van der Waals surface area contributed by atoms with Crippen LogP contribution in [0.3, 0.4) is 0 Å². The predicted molar refractivity (Wildman–Crippen MR) is 116 cm³/mol. The summed E-state index contributed by atoms with van der Waals surface area (Å²) in [5.74, 6) is 4.00. The Bertz CT molecular complexity index is 1160. The molecule has 8 heteroatoms. The molecule has 4 rings (SSSR count). The first kappa shape index (κ1) is 20.4. The molecule has 1 aliphatic heterocycles. The van der Waals surface area contributed by atoms with Crippen molar-refractivity contribution < 1.29 is 19.4 Å². The van der Waals surface area contributed by atoms with Gasteiger partial charge in [0.2, 0.25) is 5.91 Å². The largest absolute Gasteiger partial charge is 0.493 e. The Balaban J connectivity index is 1.64. The number of ether oxygens (including phenoxy) is 2. The Labute approximate surface area is 179 Å². The molecule has 31 heavy (non-hydrogen) atoms. The minimum absolute atomic E-state index is 0.199. The maximum atomic E-state index is 11.7. The highest BCUT2D eigenvalue weighted by atomic mass is 16.5. The summed E-state index contributed by atoms with van der Waals surface area (Å²) in [5.41, 5.74) is 2.26. The standard InChI is InChI=1S/C23H22N4O4/c1-3-15-5-4-6-16(9-15)26-23-18-10-21(20(30-2)11-19(18)24-14-25-23)31-17-7-8-27(12-17)22(29)13-28/h1,4-6,9-11,14,17,28H,7-8,12-13H2,2H3,(H,24,25,26). The van der Waals surface area contributed by atoms with Crippen LogP contribution in [-0.2, 0) is 4.79 Å². The third-order valence-electron chi connectivity index (χ3n) is 5.14. The summed E-state index contributed by atoms with van der Waals surface area (Å²) in [4.78, 5) is 22.0. The topological polar surface area (TPSA) is 96.8 Å². The fourth-order valence-electron chi connectivity index (χ4n) is 3.57. The molecule has 2 heterocycles. The smallest absolute Gasteiger partial charge is 0.248 e. The lowest BCUT2D eigenvalue weighted by Gasteiger charge is -2.18. The number of fused-ring (bicyclic) bond motifs is 1. The Morgan fingerprint density at radius 2 is 2.19 bits per heavy atom. The molecule has 0 saturated carbocycles. The second kappa shape index (κ2) is 8.90. The van der Waals surface area contributed by atoms with E-state index in [4.69, 9.17) is 21.0 Å². The number of carbonyl (C=O) groups excluding carboxylic acids is 1. The average molecular weight is 418 g/mol. The maximum Gasteiger partial charge on any atom is 0.248 e. The van der Waals surface area contributed by atoms with Crippen LogP contribution in [0.1, 0.15) is 12.0 Å². The number of aliphatic hydroxyl groups excluding tert-OH is 1. The number of likely N-dealkylation sites (tertiary alicyclic amines) is 1. The van der Waals surface area contributed by atoms with E-state index < -0.39 is 6.61 Å². The fraction of sp³-hybridized carbons (Fsp3) is 0.261. The molecular formula is C23H22N4O4. The van der Waals surface area contributed by atoms with E-state index in [-0.39, 0.29) is 12.0 Å². The molecule has 158 valence electrons. The molecule has 1 atom stereocenters. The van der Waals surface area contributed by atoms with Crippen LogP contribution >= 0.6 is 0 Å². The number of nitrogens with zero attached hydrogens (tertiary/aromatic N) is 3. The number of hydrogen-bond acceptors (Lipinski definition) is 7. The van der Waals surface area contributed by atoms with Gasteiger partial charge in [-0.1, -0.05) is 12.0 Å². The van der Waals surface area contributed by atoms with Gasteiger partial charge in [0.1, 0.15) is 24.9 Å². The summed E-state index contributed by atoms with van der Waals surface area (Å²) in [6.45, 7) is 0.455. The Kier molecular flexibility index (Phi) is 5.87. The van der Waals surface area contributed by atoms with Gasteiger partial charge in [-0.05, 0) is 24.3 Å². The first-order valence-corrected chi connectivity index (χ1v) is 9.83. The first-order valence-electron chi connectivity index (χ1n) is 9.83. The van der Waals surface area contributed by atoms with E-state index in [2.05, 4.69) is 21.2 Å². The molecule has 2 aromatic carbocycles. The van der Waals surface area contributed by atoms with Gasteiger partial charge < -0.3 is 24.8 Å². The van der Waals surface area contributed by atoms with Crippen LogP contribution in [0.5, 0.6) is 11.5 Å². The van der Waals surface area contributed by atoms with Crippen LogP contribution in [0.15, 0.2) is 42.7 Å². The van der Waals surface area contributed by atoms with Crippen molar-refractivity contribution in [2.45, 2.75) is 12.5 Å². The minimum atomic E-state index is -0.501. The summed E-state index contributed by atoms with van der Waals surface area (Å²) in [5, 5.41) is 13.1. The van der Waals surface area contributed by atoms with E-state index in [1.54, 1.807) is 18.1 Å². The highest BCUT2D eigenvalue weighted by molar-refractivity contribution is 5.93. The van der Waals surface area contributed by atoms with Crippen LogP contribution in [0, 0.1) is 12.3 Å². The van der Waals surface area contributed by atoms with Gasteiger partial charge >= 0.3 is 0 Å². The van der Waals surface area contributed by atoms with Crippen LogP contribution in [0.2, 0.25) is 0 Å². The zero-order valence-electron chi connectivity index (χ0n) is 17.0. The molecule has 0 spiro atoms. The fourth-order valence-corrected chi connectivity index (χ4v) is 3.57. The third kappa shape index (κ3) is 4.37. The van der Waals surface area contributed by atoms with E-state index in [1.807, 2.05) is 30.3 Å². The molecule has 1 aliphatic rings. The molecule has 1 unspecified atom stereocenters. The number of rotatable bonds is 6. The Hall–Kier alpha value is -3.83. The lowest BCUT2D eigenvalue weighted by molar-refractivity contribution is -0.133. The van der Waals surface area contributed by atoms with Gasteiger partial charge in [-0.2, -0.15) is 0 Å². The molecule has 1 aromatic heterocycles. The highest BCUT2D eigenvalue weighted by Crippen LogP contribution is 2.36. The zero-order chi connectivity index (χ0) is 21.8. The maximum absolute atomic E-state index is 11.7. The van der Waals surface area contributed by atoms with E-state index in [0.29, 0.717) is 42.3 Å². The number of anilines is 2. The second-order valence-electron chi connectivity index (χ2n) is 7.12. The molecule has 1 amide bonds. The zero-order valence-corrected chi connectivity index (χ0v) is 17.0. The highest BCUT2D eigenvalue weighted by Gasteiger charge is 2.28. The van der Waals surface area contributed by atoms with Crippen LogP contribution in [0.4, 0.5) is 11.5 Å². The van der Waals surface area contributed by atoms with Crippen LogP contribution < -0.4 is 14.8 Å². The van der Waals surface area contributed by atoms with Gasteiger partial charge in [-0.25, -0.2) is 9.97 Å². The van der Waals surface area contributed by atoms with Gasteiger partial charge in [0.15, 0.2) is 11.5 Å². The molecule has 8 nitrogen and oxygen atoms in total. The number of aromatic nitrogens is 2. The third-order valence-corrected chi connectivity index (χ3v) is 5.14. The molecule has 1 saturated heterocycles. The van der Waals surface area contributed by atoms with Crippen molar-refractivity contribution in [3.8, 4) is 23.8 Å². The predicted octanol–water partition coefficient (Wildman–Crippen LogP) is 2.34. The van der Waals surface area contributed by atoms with E-state index >= 15 is 0 Å². The lowest BCUT2D eigenvalue weighted by atomic mass is 10.1. The number of carbonyl (C=O) groups is 1. The number of benzene rings is 2. The molecule has 0 bridgehead atoms. The summed E-state index contributed by atoms with van der Waals surface area (Å²) >= 11 is 0. The van der Waals surface area contributed by atoms with Gasteiger partial charge in [0.25, 0.3) is 0 Å². The van der Waals surface area contributed by atoms with Crippen molar-refractivity contribution in [3.05, 3.63) is 48.3 Å². The first-order chi connectivity index (χ1) is 15.1. The second-order valence-corrected chi connectivity index (χ2v) is 7.12. The van der Waals surface area contributed by atoms with Crippen molar-refractivity contribution in [1.29, 1.82) is 0 Å². The average Bonchev–Trinajstić information content (AvgIpc) is 3.27. The molecular weight excluding hydrogens is 396 g/mol. The van der Waals surface area contributed by atoms with Crippen molar-refractivity contribution in [3.63, 3.8) is 0 Å². The van der Waals surface area contributed by atoms with Gasteiger partial charge in [-0.3, -0.25) is 4.79 Å². The quantitative estimate of drug-likeness (QED) is 0.593. The van der Waals surface area contributed by atoms with Crippen LogP contribution in [-0.4, -0.2) is 58.8 Å². The molecule has 2 N–H and O–H groups in total. The summed E-state index contributed by atoms with van der Waals surface area (Å²) in [6, 6.07) is 11.1. The number of terminal acetylenes is 1. The number of methoxy groups -OCH3 is 1. The number of amides is 1. The number of nitrogens with one attached hydrogen (secondary N) is 1. The lowest BCUT2D eigenvalue weighted by Crippen LogP contribution is -2.32. The molecule has 3 aromatic rings. The van der Waals surface area contributed by atoms with Crippen molar-refractivity contribution in [2.75, 3.05) is 32.1 Å². The van der Waals surface area contributed by atoms with E-state index in [9.17, 15) is 4.79 Å². The van der Waals surface area contributed by atoms with Crippen molar-refractivity contribution in [2.24, 2.45) is 0 Å². The minimum Gasteiger partial charge on any atom is -0.493 e. The SMILES string of the molecule is C#Cc1cccc(Nc2ncnc3cc(OC)c(OC4CCN(C(=O)CO)C4)cc23)c1. The Morgan fingerprint density at radius 1 is 1.32 bits per heavy atom. The number of hydrogen-bond donors (Lipinski definition) is 2. The van der Waals surface area contributed by atoms with E-state index in [0.717, 1.165) is 16.6 Å². The molecule has 1 fully saturated rings. The van der Waals surface area contributed by atoms with Gasteiger partial charge in [0.05, 0.1) is 19.2 Å². The summed E-state index contributed by atoms with van der Waals surface area (Å²) < 4.78 is 11.7. The molecule has 0 radical (unpaired) electrons. The monoisotopic (exact) mass is 418 g/mol. The van der Waals surface area contributed by atoms with Crippen molar-refractivity contribution >= 4 is 28.3 Å². The normalized spacial score (nSPS) is 15.5. The van der Waals surface area contributed by atoms with Gasteiger partial charge in [0, 0.05) is 35.7 Å². The van der Waals surface area contributed by atoms with Crippen molar-refractivity contribution in [1.82, 2.24) is 14.9 Å². The summed E-state index contributed by atoms with van der Waals surface area (Å²) in [6.07, 6.45) is 7.44. The Morgan fingerprint density at radius 3 is 2.97 bits per heavy atom. The van der Waals surface area contributed by atoms with Crippen LogP contribution in [0.25, 0.3) is 10.9 Å². The molecule has 0 aliphatic carbocycles. The summed E-state index contributed by atoms with van der Waals surface area (Å²) in [7, 11) is 1.57. The number of aliphatic hydroxyl groups is 1. The van der Waals surface area contributed by atoms with E-state index in [1.165, 1.54) is 6.33 Å².